The van der Waals surface area contributed by atoms with Crippen molar-refractivity contribution < 1.29 is 9.53 Å². The summed E-state index contributed by atoms with van der Waals surface area (Å²) in [6.45, 7) is 2.18. The Morgan fingerprint density at radius 3 is 2.69 bits per heavy atom. The Labute approximate surface area is 80.7 Å². The van der Waals surface area contributed by atoms with E-state index in [4.69, 9.17) is 4.74 Å². The fourth-order valence-corrected chi connectivity index (χ4v) is 2.39. The molecule has 13 heavy (non-hydrogen) atoms. The maximum absolute atomic E-state index is 11.4. The summed E-state index contributed by atoms with van der Waals surface area (Å²) in [6, 6.07) is 0. The molecule has 1 rings (SSSR count). The van der Waals surface area contributed by atoms with Gasteiger partial charge in [0.25, 0.3) is 0 Å². The van der Waals surface area contributed by atoms with Crippen LogP contribution in [0.2, 0.25) is 0 Å². The monoisotopic (exact) mass is 184 g/mol. The zero-order valence-electron chi connectivity index (χ0n) is 8.71. The van der Waals surface area contributed by atoms with E-state index in [1.165, 1.54) is 39.2 Å². The molecule has 2 heteroatoms. The van der Waals surface area contributed by atoms with Crippen molar-refractivity contribution in [3.05, 3.63) is 0 Å². The van der Waals surface area contributed by atoms with Gasteiger partial charge in [0.2, 0.25) is 0 Å². The van der Waals surface area contributed by atoms with Gasteiger partial charge in [-0.15, -0.1) is 0 Å². The molecule has 0 aromatic carbocycles. The summed E-state index contributed by atoms with van der Waals surface area (Å²) in [6.07, 6.45) is 7.10. The number of ether oxygens (including phenoxy) is 1. The average molecular weight is 184 g/mol. The normalized spacial score (nSPS) is 28.5. The number of hydrogen-bond acceptors (Lipinski definition) is 2. The molecule has 0 aromatic heterocycles. The van der Waals surface area contributed by atoms with E-state index in [1.54, 1.807) is 0 Å². The first kappa shape index (κ1) is 10.6. The van der Waals surface area contributed by atoms with Crippen LogP contribution in [-0.4, -0.2) is 13.1 Å². The molecule has 0 bridgehead atoms. The van der Waals surface area contributed by atoms with Gasteiger partial charge in [-0.3, -0.25) is 4.79 Å². The lowest BCUT2D eigenvalue weighted by Crippen LogP contribution is -2.28. The maximum Gasteiger partial charge on any atom is 0.308 e. The SMILES string of the molecule is CCCC1CCCCC1C(=O)OC. The first-order valence-corrected chi connectivity index (χ1v) is 5.37. The summed E-state index contributed by atoms with van der Waals surface area (Å²) < 4.78 is 4.83. The largest absolute Gasteiger partial charge is 0.469 e. The van der Waals surface area contributed by atoms with E-state index in [9.17, 15) is 4.79 Å². The van der Waals surface area contributed by atoms with Crippen LogP contribution >= 0.6 is 0 Å². The minimum Gasteiger partial charge on any atom is -0.469 e. The van der Waals surface area contributed by atoms with Gasteiger partial charge in [-0.05, 0) is 25.2 Å². The maximum atomic E-state index is 11.4. The Balaban J connectivity index is 2.50. The fourth-order valence-electron chi connectivity index (χ4n) is 2.39. The van der Waals surface area contributed by atoms with Gasteiger partial charge < -0.3 is 4.74 Å². The third-order valence-electron chi connectivity index (χ3n) is 3.07. The van der Waals surface area contributed by atoms with Crippen LogP contribution in [0.15, 0.2) is 0 Å². The summed E-state index contributed by atoms with van der Waals surface area (Å²) in [5, 5.41) is 0. The van der Waals surface area contributed by atoms with Crippen molar-refractivity contribution >= 4 is 5.97 Å². The van der Waals surface area contributed by atoms with Gasteiger partial charge in [-0.1, -0.05) is 26.2 Å². The van der Waals surface area contributed by atoms with E-state index >= 15 is 0 Å². The summed E-state index contributed by atoms with van der Waals surface area (Å²) in [5.41, 5.74) is 0. The van der Waals surface area contributed by atoms with Crippen molar-refractivity contribution in [3.8, 4) is 0 Å². The van der Waals surface area contributed by atoms with Gasteiger partial charge in [0, 0.05) is 0 Å². The summed E-state index contributed by atoms with van der Waals surface area (Å²) in [4.78, 5) is 11.4. The average Bonchev–Trinajstić information content (AvgIpc) is 2.18. The molecule has 0 heterocycles. The molecule has 1 fully saturated rings. The van der Waals surface area contributed by atoms with Gasteiger partial charge in [0.05, 0.1) is 13.0 Å². The number of carbonyl (C=O) groups is 1. The molecule has 1 saturated carbocycles. The predicted octanol–water partition coefficient (Wildman–Crippen LogP) is 2.77. The lowest BCUT2D eigenvalue weighted by atomic mass is 9.77. The highest BCUT2D eigenvalue weighted by Gasteiger charge is 2.30. The third-order valence-corrected chi connectivity index (χ3v) is 3.07. The van der Waals surface area contributed by atoms with E-state index in [1.807, 2.05) is 0 Å². The van der Waals surface area contributed by atoms with Crippen molar-refractivity contribution in [2.75, 3.05) is 7.11 Å². The second-order valence-corrected chi connectivity index (χ2v) is 3.96. The molecule has 0 aliphatic heterocycles. The van der Waals surface area contributed by atoms with E-state index in [2.05, 4.69) is 6.92 Å². The molecule has 2 atom stereocenters. The van der Waals surface area contributed by atoms with Gasteiger partial charge in [-0.2, -0.15) is 0 Å². The quantitative estimate of drug-likeness (QED) is 0.630. The van der Waals surface area contributed by atoms with Crippen molar-refractivity contribution in [2.45, 2.75) is 45.4 Å². The molecular formula is C11H20O2. The van der Waals surface area contributed by atoms with E-state index in [-0.39, 0.29) is 11.9 Å². The Morgan fingerprint density at radius 1 is 1.38 bits per heavy atom. The number of hydrogen-bond donors (Lipinski definition) is 0. The molecule has 2 unspecified atom stereocenters. The molecule has 0 N–H and O–H groups in total. The van der Waals surface area contributed by atoms with Crippen LogP contribution in [0.5, 0.6) is 0 Å². The Morgan fingerprint density at radius 2 is 2.08 bits per heavy atom. The van der Waals surface area contributed by atoms with Crippen molar-refractivity contribution in [3.63, 3.8) is 0 Å². The van der Waals surface area contributed by atoms with Crippen molar-refractivity contribution in [1.29, 1.82) is 0 Å². The van der Waals surface area contributed by atoms with Crippen LogP contribution in [0, 0.1) is 11.8 Å². The number of methoxy groups -OCH3 is 1. The van der Waals surface area contributed by atoms with Gasteiger partial charge in [0.1, 0.15) is 0 Å². The van der Waals surface area contributed by atoms with Crippen LogP contribution < -0.4 is 0 Å². The highest BCUT2D eigenvalue weighted by molar-refractivity contribution is 5.72. The summed E-state index contributed by atoms with van der Waals surface area (Å²) in [7, 11) is 1.50. The van der Waals surface area contributed by atoms with Crippen LogP contribution in [0.25, 0.3) is 0 Å². The highest BCUT2D eigenvalue weighted by atomic mass is 16.5. The van der Waals surface area contributed by atoms with E-state index < -0.39 is 0 Å². The smallest absolute Gasteiger partial charge is 0.308 e. The van der Waals surface area contributed by atoms with Gasteiger partial charge in [-0.25, -0.2) is 0 Å². The van der Waals surface area contributed by atoms with Crippen LogP contribution in [0.4, 0.5) is 0 Å². The molecule has 0 saturated heterocycles. The number of carbonyl (C=O) groups excluding carboxylic acids is 1. The molecule has 2 nitrogen and oxygen atoms in total. The Hall–Kier alpha value is -0.530. The minimum atomic E-state index is 0.0122. The Bertz CT molecular complexity index is 163. The highest BCUT2D eigenvalue weighted by Crippen LogP contribution is 2.33. The lowest BCUT2D eigenvalue weighted by molar-refractivity contribution is -0.148. The van der Waals surface area contributed by atoms with Crippen LogP contribution in [0.1, 0.15) is 45.4 Å². The van der Waals surface area contributed by atoms with Gasteiger partial charge >= 0.3 is 5.97 Å². The standard InChI is InChI=1S/C11H20O2/c1-3-6-9-7-4-5-8-10(9)11(12)13-2/h9-10H,3-8H2,1-2H3. The minimum absolute atomic E-state index is 0.0122. The zero-order chi connectivity index (χ0) is 9.68. The predicted molar refractivity (Wildman–Crippen MR) is 52.4 cm³/mol. The molecule has 76 valence electrons. The molecular weight excluding hydrogens is 164 g/mol. The lowest BCUT2D eigenvalue weighted by Gasteiger charge is -2.29. The molecule has 0 spiro atoms. The number of esters is 1. The molecule has 0 amide bonds. The first-order chi connectivity index (χ1) is 6.29. The van der Waals surface area contributed by atoms with Crippen LogP contribution in [0.3, 0.4) is 0 Å². The third kappa shape index (κ3) is 2.71. The van der Waals surface area contributed by atoms with E-state index in [0.29, 0.717) is 5.92 Å². The molecule has 0 aromatic rings. The van der Waals surface area contributed by atoms with Crippen molar-refractivity contribution in [1.82, 2.24) is 0 Å². The molecule has 0 radical (unpaired) electrons. The fraction of sp³-hybridized carbons (Fsp3) is 0.909. The number of rotatable bonds is 3. The van der Waals surface area contributed by atoms with Crippen LogP contribution in [-0.2, 0) is 9.53 Å². The topological polar surface area (TPSA) is 26.3 Å². The summed E-state index contributed by atoms with van der Waals surface area (Å²) in [5.74, 6) is 0.794. The second-order valence-electron chi connectivity index (χ2n) is 3.96. The molecule has 1 aliphatic carbocycles. The van der Waals surface area contributed by atoms with E-state index in [0.717, 1.165) is 6.42 Å². The zero-order valence-corrected chi connectivity index (χ0v) is 8.71. The first-order valence-electron chi connectivity index (χ1n) is 5.37. The summed E-state index contributed by atoms with van der Waals surface area (Å²) >= 11 is 0. The second kappa shape index (κ2) is 5.25. The van der Waals surface area contributed by atoms with Gasteiger partial charge in [0.15, 0.2) is 0 Å². The van der Waals surface area contributed by atoms with Crippen molar-refractivity contribution in [2.24, 2.45) is 11.8 Å². The Kier molecular flexibility index (Phi) is 4.26. The molecule has 1 aliphatic rings.